The van der Waals surface area contributed by atoms with E-state index in [1.807, 2.05) is 6.92 Å². The second-order valence-corrected chi connectivity index (χ2v) is 8.57. The Labute approximate surface area is 145 Å². The number of rotatable bonds is 3. The highest BCUT2D eigenvalue weighted by Crippen LogP contribution is 2.61. The molecule has 0 spiro atoms. The van der Waals surface area contributed by atoms with Gasteiger partial charge in [0.25, 0.3) is 0 Å². The number of ether oxygens (including phenoxy) is 1. The molecule has 0 aromatic rings. The first-order valence-electron chi connectivity index (χ1n) is 9.24. The lowest BCUT2D eigenvalue weighted by Crippen LogP contribution is -2.57. The molecule has 0 amide bonds. The highest BCUT2D eigenvalue weighted by molar-refractivity contribution is 5.21. The third kappa shape index (κ3) is 2.78. The van der Waals surface area contributed by atoms with Gasteiger partial charge in [-0.25, -0.2) is 0 Å². The number of hydrogen-bond donors (Lipinski definition) is 3. The first-order chi connectivity index (χ1) is 11.3. The van der Waals surface area contributed by atoms with Gasteiger partial charge in [-0.2, -0.15) is 0 Å². The normalized spacial score (nSPS) is 47.9. The van der Waals surface area contributed by atoms with E-state index in [0.717, 1.165) is 37.7 Å². The van der Waals surface area contributed by atoms with Crippen LogP contribution in [0.4, 0.5) is 0 Å². The van der Waals surface area contributed by atoms with Gasteiger partial charge < -0.3 is 20.1 Å². The van der Waals surface area contributed by atoms with Crippen LogP contribution in [0.2, 0.25) is 0 Å². The maximum absolute atomic E-state index is 10.5. The fourth-order valence-corrected chi connectivity index (χ4v) is 5.59. The minimum absolute atomic E-state index is 0.0290. The molecule has 4 heteroatoms. The van der Waals surface area contributed by atoms with Gasteiger partial charge in [0, 0.05) is 5.41 Å². The summed E-state index contributed by atoms with van der Waals surface area (Å²) in [6.07, 6.45) is 5.73. The molecule has 3 aliphatic rings. The van der Waals surface area contributed by atoms with Crippen LogP contribution in [0.3, 0.4) is 0 Å². The van der Waals surface area contributed by atoms with Crippen LogP contribution in [0.25, 0.3) is 0 Å². The summed E-state index contributed by atoms with van der Waals surface area (Å²) in [7, 11) is 0. The van der Waals surface area contributed by atoms with Crippen molar-refractivity contribution < 1.29 is 20.1 Å². The molecule has 2 saturated carbocycles. The van der Waals surface area contributed by atoms with Crippen LogP contribution in [0.15, 0.2) is 23.8 Å². The lowest BCUT2D eigenvalue weighted by molar-refractivity contribution is -0.151. The van der Waals surface area contributed by atoms with Gasteiger partial charge in [-0.1, -0.05) is 32.1 Å². The van der Waals surface area contributed by atoms with Crippen molar-refractivity contribution in [1.29, 1.82) is 0 Å². The van der Waals surface area contributed by atoms with Crippen LogP contribution >= 0.6 is 0 Å². The lowest BCUT2D eigenvalue weighted by atomic mass is 9.46. The molecule has 3 rings (SSSR count). The molecule has 0 unspecified atom stereocenters. The second-order valence-electron chi connectivity index (χ2n) is 8.57. The van der Waals surface area contributed by atoms with E-state index in [2.05, 4.69) is 19.6 Å². The van der Waals surface area contributed by atoms with Crippen LogP contribution in [0, 0.1) is 22.7 Å². The Hall–Kier alpha value is -0.680. The fraction of sp³-hybridized carbons (Fsp3) is 0.800. The zero-order valence-electron chi connectivity index (χ0n) is 15.0. The van der Waals surface area contributed by atoms with Gasteiger partial charge in [-0.15, -0.1) is 0 Å². The summed E-state index contributed by atoms with van der Waals surface area (Å²) in [5.74, 6) is 0.618. The van der Waals surface area contributed by atoms with E-state index in [0.29, 0.717) is 19.1 Å². The van der Waals surface area contributed by atoms with Crippen LogP contribution in [0.1, 0.15) is 46.0 Å². The monoisotopic (exact) mass is 336 g/mol. The van der Waals surface area contributed by atoms with Crippen LogP contribution < -0.4 is 0 Å². The molecule has 0 bridgehead atoms. The molecule has 0 radical (unpaired) electrons. The van der Waals surface area contributed by atoms with E-state index >= 15 is 0 Å². The third-order valence-electron chi connectivity index (χ3n) is 7.28. The molecule has 3 N–H and O–H groups in total. The van der Waals surface area contributed by atoms with Crippen molar-refractivity contribution in [3.63, 3.8) is 0 Å². The van der Waals surface area contributed by atoms with Crippen LogP contribution in [0.5, 0.6) is 0 Å². The van der Waals surface area contributed by atoms with Crippen molar-refractivity contribution >= 4 is 0 Å². The van der Waals surface area contributed by atoms with Gasteiger partial charge >= 0.3 is 0 Å². The highest BCUT2D eigenvalue weighted by Gasteiger charge is 2.57. The molecule has 6 atom stereocenters. The number of hydrogen-bond acceptors (Lipinski definition) is 4. The van der Waals surface area contributed by atoms with Crippen LogP contribution in [-0.2, 0) is 4.74 Å². The predicted octanol–water partition coefficient (Wildman–Crippen LogP) is 2.44. The average Bonchev–Trinajstić information content (AvgIpc) is 2.96. The summed E-state index contributed by atoms with van der Waals surface area (Å²) in [5, 5.41) is 30.5. The molecule has 4 nitrogen and oxygen atoms in total. The number of aliphatic hydroxyl groups excluding tert-OH is 3. The Morgan fingerprint density at radius 1 is 1.29 bits per heavy atom. The van der Waals surface area contributed by atoms with E-state index in [1.165, 1.54) is 5.57 Å². The van der Waals surface area contributed by atoms with E-state index < -0.39 is 17.6 Å². The predicted molar refractivity (Wildman–Crippen MR) is 93.4 cm³/mol. The summed E-state index contributed by atoms with van der Waals surface area (Å²) in [6, 6.07) is 0. The Kier molecular flexibility index (Phi) is 4.95. The summed E-state index contributed by atoms with van der Waals surface area (Å²) >= 11 is 0. The van der Waals surface area contributed by atoms with Gasteiger partial charge in [0.1, 0.15) is 6.10 Å². The molecule has 136 valence electrons. The third-order valence-corrected chi connectivity index (χ3v) is 7.28. The summed E-state index contributed by atoms with van der Waals surface area (Å²) in [5.41, 5.74) is 1.85. The van der Waals surface area contributed by atoms with Gasteiger partial charge in [0.05, 0.1) is 25.9 Å². The molecule has 3 fully saturated rings. The van der Waals surface area contributed by atoms with Gasteiger partial charge in [-0.05, 0) is 54.9 Å². The number of aliphatic hydroxyl groups is 3. The van der Waals surface area contributed by atoms with Gasteiger partial charge in [0.15, 0.2) is 0 Å². The molecule has 0 aromatic heterocycles. The van der Waals surface area contributed by atoms with Crippen molar-refractivity contribution in [2.45, 2.75) is 58.2 Å². The minimum atomic E-state index is -0.471. The van der Waals surface area contributed by atoms with Crippen LogP contribution in [-0.4, -0.2) is 47.3 Å². The SMILES string of the molecule is C=C1CC[C@@H]2[C@](C)(CO)[C@H](O)CC[C@@]2(C)[C@@H]1C/C=C1/COC[C@H]1O. The standard InChI is InChI=1S/C20H32O4/c1-13-4-7-17-19(2,9-8-18(23)20(17,3)12-21)15(13)6-5-14-10-24-11-16(14)22/h5,15-18,21-23H,1,4,6-12H2,2-3H3/b14-5-/t15-,16-,17+,18-,19+,20+/m1/s1. The van der Waals surface area contributed by atoms with Crippen molar-refractivity contribution in [2.24, 2.45) is 22.7 Å². The first kappa shape index (κ1) is 18.1. The Bertz CT molecular complexity index is 528. The first-order valence-corrected chi connectivity index (χ1v) is 9.24. The lowest BCUT2D eigenvalue weighted by Gasteiger charge is -2.59. The Balaban J connectivity index is 1.87. The number of allylic oxidation sites excluding steroid dienone is 2. The minimum Gasteiger partial charge on any atom is -0.396 e. The quantitative estimate of drug-likeness (QED) is 0.692. The van der Waals surface area contributed by atoms with Crippen molar-refractivity contribution in [3.05, 3.63) is 23.8 Å². The Morgan fingerprint density at radius 3 is 2.67 bits per heavy atom. The molecule has 0 aromatic carbocycles. The molecule has 1 aliphatic heterocycles. The molecule has 2 aliphatic carbocycles. The molecule has 1 saturated heterocycles. The topological polar surface area (TPSA) is 69.9 Å². The second kappa shape index (κ2) is 6.56. The molecular weight excluding hydrogens is 304 g/mol. The molecular formula is C20H32O4. The fourth-order valence-electron chi connectivity index (χ4n) is 5.59. The van der Waals surface area contributed by atoms with E-state index in [9.17, 15) is 15.3 Å². The Morgan fingerprint density at radius 2 is 2.04 bits per heavy atom. The zero-order valence-corrected chi connectivity index (χ0v) is 15.0. The van der Waals surface area contributed by atoms with Crippen molar-refractivity contribution in [1.82, 2.24) is 0 Å². The van der Waals surface area contributed by atoms with E-state index in [4.69, 9.17) is 4.74 Å². The van der Waals surface area contributed by atoms with E-state index in [-0.39, 0.29) is 17.9 Å². The van der Waals surface area contributed by atoms with Crippen molar-refractivity contribution in [3.8, 4) is 0 Å². The smallest absolute Gasteiger partial charge is 0.101 e. The van der Waals surface area contributed by atoms with E-state index in [1.54, 1.807) is 0 Å². The van der Waals surface area contributed by atoms with Gasteiger partial charge in [-0.3, -0.25) is 0 Å². The molecule has 24 heavy (non-hydrogen) atoms. The number of fused-ring (bicyclic) bond motifs is 1. The molecule has 1 heterocycles. The van der Waals surface area contributed by atoms with Gasteiger partial charge in [0.2, 0.25) is 0 Å². The average molecular weight is 336 g/mol. The summed E-state index contributed by atoms with van der Waals surface area (Å²) in [4.78, 5) is 0. The summed E-state index contributed by atoms with van der Waals surface area (Å²) < 4.78 is 5.33. The van der Waals surface area contributed by atoms with Crippen molar-refractivity contribution in [2.75, 3.05) is 19.8 Å². The summed E-state index contributed by atoms with van der Waals surface area (Å²) in [6.45, 7) is 9.64. The highest BCUT2D eigenvalue weighted by atomic mass is 16.5. The maximum Gasteiger partial charge on any atom is 0.101 e. The maximum atomic E-state index is 10.5. The zero-order chi connectivity index (χ0) is 17.5. The largest absolute Gasteiger partial charge is 0.396 e.